The van der Waals surface area contributed by atoms with Crippen molar-refractivity contribution >= 4 is 17.9 Å². The van der Waals surface area contributed by atoms with Crippen LogP contribution in [0.1, 0.15) is 28.4 Å². The van der Waals surface area contributed by atoms with Crippen molar-refractivity contribution in [2.75, 3.05) is 6.54 Å². The van der Waals surface area contributed by atoms with Crippen LogP contribution in [0.15, 0.2) is 97.2 Å². The summed E-state index contributed by atoms with van der Waals surface area (Å²) in [5.41, 5.74) is 4.97. The van der Waals surface area contributed by atoms with E-state index in [4.69, 9.17) is 5.10 Å². The van der Waals surface area contributed by atoms with Gasteiger partial charge in [-0.25, -0.2) is 4.68 Å². The van der Waals surface area contributed by atoms with Crippen molar-refractivity contribution in [1.82, 2.24) is 20.4 Å². The van der Waals surface area contributed by atoms with Gasteiger partial charge in [-0.1, -0.05) is 60.7 Å². The third kappa shape index (κ3) is 5.66. The van der Waals surface area contributed by atoms with Gasteiger partial charge in [0.2, 0.25) is 5.91 Å². The number of nitrogens with zero attached hydrogens (tertiary/aromatic N) is 2. The minimum atomic E-state index is -0.227. The van der Waals surface area contributed by atoms with E-state index in [-0.39, 0.29) is 11.8 Å². The first-order valence-corrected chi connectivity index (χ1v) is 11.2. The molecule has 2 amide bonds. The summed E-state index contributed by atoms with van der Waals surface area (Å²) < 4.78 is 1.81. The van der Waals surface area contributed by atoms with Gasteiger partial charge < -0.3 is 10.6 Å². The molecule has 170 valence electrons. The third-order valence-electron chi connectivity index (χ3n) is 5.22. The van der Waals surface area contributed by atoms with Gasteiger partial charge in [-0.15, -0.1) is 0 Å². The maximum atomic E-state index is 12.5. The fraction of sp³-hybridized carbons (Fsp3) is 0.107. The molecule has 0 fully saturated rings. The molecular weight excluding hydrogens is 424 g/mol. The monoisotopic (exact) mass is 450 g/mol. The number of para-hydroxylation sites is 1. The average molecular weight is 451 g/mol. The van der Waals surface area contributed by atoms with Crippen LogP contribution in [0.3, 0.4) is 0 Å². The average Bonchev–Trinajstić information content (AvgIpc) is 3.32. The van der Waals surface area contributed by atoms with Crippen LogP contribution in [0, 0.1) is 0 Å². The zero-order chi connectivity index (χ0) is 23.8. The third-order valence-corrected chi connectivity index (χ3v) is 5.22. The molecule has 1 aromatic heterocycles. The van der Waals surface area contributed by atoms with E-state index in [9.17, 15) is 9.59 Å². The molecule has 0 aliphatic rings. The Hall–Kier alpha value is -4.45. The molecule has 4 rings (SSSR count). The van der Waals surface area contributed by atoms with Gasteiger partial charge in [-0.3, -0.25) is 9.59 Å². The molecule has 0 spiro atoms. The van der Waals surface area contributed by atoms with Crippen molar-refractivity contribution in [2.45, 2.75) is 13.5 Å². The van der Waals surface area contributed by atoms with Crippen molar-refractivity contribution in [3.05, 3.63) is 114 Å². The summed E-state index contributed by atoms with van der Waals surface area (Å²) in [6, 6.07) is 27.0. The van der Waals surface area contributed by atoms with Crippen molar-refractivity contribution in [1.29, 1.82) is 0 Å². The molecule has 0 unspecified atom stereocenters. The molecule has 1 heterocycles. The molecule has 0 aliphatic carbocycles. The molecule has 0 aliphatic heterocycles. The minimum absolute atomic E-state index is 0.126. The molecule has 6 heteroatoms. The van der Waals surface area contributed by atoms with Gasteiger partial charge in [0.05, 0.1) is 11.4 Å². The van der Waals surface area contributed by atoms with Crippen molar-refractivity contribution in [2.24, 2.45) is 0 Å². The molecule has 4 aromatic rings. The van der Waals surface area contributed by atoms with Gasteiger partial charge in [-0.05, 0) is 42.8 Å². The lowest BCUT2D eigenvalue weighted by Crippen LogP contribution is -2.23. The Morgan fingerprint density at radius 2 is 1.65 bits per heavy atom. The van der Waals surface area contributed by atoms with Crippen molar-refractivity contribution < 1.29 is 9.59 Å². The Labute approximate surface area is 198 Å². The van der Waals surface area contributed by atoms with Gasteiger partial charge in [0, 0.05) is 42.1 Å². The number of benzene rings is 3. The highest BCUT2D eigenvalue weighted by molar-refractivity contribution is 5.94. The summed E-state index contributed by atoms with van der Waals surface area (Å²) in [4.78, 5) is 24.6. The van der Waals surface area contributed by atoms with E-state index in [0.29, 0.717) is 18.7 Å². The van der Waals surface area contributed by atoms with E-state index in [0.717, 1.165) is 28.1 Å². The maximum absolute atomic E-state index is 12.5. The summed E-state index contributed by atoms with van der Waals surface area (Å²) in [5, 5.41) is 10.4. The van der Waals surface area contributed by atoms with E-state index in [2.05, 4.69) is 10.6 Å². The molecule has 6 nitrogen and oxygen atoms in total. The molecule has 0 bridgehead atoms. The van der Waals surface area contributed by atoms with Gasteiger partial charge in [-0.2, -0.15) is 5.10 Å². The first-order valence-electron chi connectivity index (χ1n) is 11.2. The van der Waals surface area contributed by atoms with Crippen LogP contribution in [0.5, 0.6) is 0 Å². The number of carbonyl (C=O) groups excluding carboxylic acids is 2. The van der Waals surface area contributed by atoms with Crippen LogP contribution in [-0.2, 0) is 11.3 Å². The fourth-order valence-electron chi connectivity index (χ4n) is 3.54. The lowest BCUT2D eigenvalue weighted by atomic mass is 10.1. The Kier molecular flexibility index (Phi) is 7.30. The number of rotatable bonds is 8. The highest BCUT2D eigenvalue weighted by Crippen LogP contribution is 2.24. The SMILES string of the molecule is CCNC(=O)c1cccc(CNC(=O)/C=C/c2cn(-c3ccccc3)nc2-c2ccccc2)c1. The maximum Gasteiger partial charge on any atom is 0.251 e. The van der Waals surface area contributed by atoms with Crippen LogP contribution in [0.25, 0.3) is 23.0 Å². The fourth-order valence-corrected chi connectivity index (χ4v) is 3.54. The van der Waals surface area contributed by atoms with Crippen LogP contribution >= 0.6 is 0 Å². The molecule has 3 aromatic carbocycles. The summed E-state index contributed by atoms with van der Waals surface area (Å²) in [7, 11) is 0. The molecule has 0 radical (unpaired) electrons. The summed E-state index contributed by atoms with van der Waals surface area (Å²) in [6.07, 6.45) is 5.19. The zero-order valence-electron chi connectivity index (χ0n) is 18.9. The number of nitrogens with one attached hydrogen (secondary N) is 2. The van der Waals surface area contributed by atoms with Gasteiger partial charge in [0.15, 0.2) is 0 Å². The number of hydrogen-bond donors (Lipinski definition) is 2. The molecule has 34 heavy (non-hydrogen) atoms. The standard InChI is InChI=1S/C28H26N4O2/c1-2-29-28(34)23-13-9-10-21(18-23)19-30-26(33)17-16-24-20-32(25-14-7-4-8-15-25)31-27(24)22-11-5-3-6-12-22/h3-18,20H,2,19H2,1H3,(H,29,34)(H,30,33)/b17-16+. The smallest absolute Gasteiger partial charge is 0.251 e. The zero-order valence-corrected chi connectivity index (χ0v) is 18.9. The van der Waals surface area contributed by atoms with E-state index >= 15 is 0 Å². The number of carbonyl (C=O) groups is 2. The minimum Gasteiger partial charge on any atom is -0.352 e. The van der Waals surface area contributed by atoms with E-state index in [1.54, 1.807) is 18.2 Å². The lowest BCUT2D eigenvalue weighted by Gasteiger charge is -2.06. The van der Waals surface area contributed by atoms with Crippen molar-refractivity contribution in [3.63, 3.8) is 0 Å². The molecular formula is C28H26N4O2. The summed E-state index contributed by atoms with van der Waals surface area (Å²) >= 11 is 0. The molecule has 0 saturated carbocycles. The van der Waals surface area contributed by atoms with Gasteiger partial charge in [0.25, 0.3) is 5.91 Å². The second kappa shape index (κ2) is 10.9. The number of hydrogen-bond acceptors (Lipinski definition) is 3. The lowest BCUT2D eigenvalue weighted by molar-refractivity contribution is -0.116. The predicted molar refractivity (Wildman–Crippen MR) is 134 cm³/mol. The van der Waals surface area contributed by atoms with Gasteiger partial charge >= 0.3 is 0 Å². The molecule has 0 atom stereocenters. The second-order valence-electron chi connectivity index (χ2n) is 7.69. The van der Waals surface area contributed by atoms with Crippen LogP contribution in [0.2, 0.25) is 0 Å². The highest BCUT2D eigenvalue weighted by atomic mass is 16.2. The quantitative estimate of drug-likeness (QED) is 0.385. The Balaban J connectivity index is 1.50. The second-order valence-corrected chi connectivity index (χ2v) is 7.69. The van der Waals surface area contributed by atoms with Crippen molar-refractivity contribution in [3.8, 4) is 16.9 Å². The first-order chi connectivity index (χ1) is 16.6. The van der Waals surface area contributed by atoms with Gasteiger partial charge in [0.1, 0.15) is 0 Å². The molecule has 2 N–H and O–H groups in total. The number of aromatic nitrogens is 2. The Bertz CT molecular complexity index is 1290. The van der Waals surface area contributed by atoms with E-state index < -0.39 is 0 Å². The topological polar surface area (TPSA) is 76.0 Å². The summed E-state index contributed by atoms with van der Waals surface area (Å²) in [6.45, 7) is 2.77. The predicted octanol–water partition coefficient (Wildman–Crippen LogP) is 4.62. The van der Waals surface area contributed by atoms with Crippen LogP contribution < -0.4 is 10.6 Å². The first kappa shape index (κ1) is 22.7. The number of amides is 2. The Morgan fingerprint density at radius 3 is 2.38 bits per heavy atom. The van der Waals surface area contributed by atoms with E-state index in [1.807, 2.05) is 90.6 Å². The Morgan fingerprint density at radius 1 is 0.912 bits per heavy atom. The normalized spacial score (nSPS) is 10.9. The van der Waals surface area contributed by atoms with E-state index in [1.165, 1.54) is 6.08 Å². The largest absolute Gasteiger partial charge is 0.352 e. The van der Waals surface area contributed by atoms with Crippen LogP contribution in [-0.4, -0.2) is 28.1 Å². The highest BCUT2D eigenvalue weighted by Gasteiger charge is 2.11. The molecule has 0 saturated heterocycles. The summed E-state index contributed by atoms with van der Waals surface area (Å²) in [5.74, 6) is -0.352. The van der Waals surface area contributed by atoms with Crippen LogP contribution in [0.4, 0.5) is 0 Å².